The second kappa shape index (κ2) is 5.32. The summed E-state index contributed by atoms with van der Waals surface area (Å²) in [7, 11) is 3.68. The first kappa shape index (κ1) is 11.5. The van der Waals surface area contributed by atoms with Crippen molar-refractivity contribution in [3.05, 3.63) is 0 Å². The Bertz CT molecular complexity index is 191. The van der Waals surface area contributed by atoms with Gasteiger partial charge in [-0.3, -0.25) is 4.79 Å². The van der Waals surface area contributed by atoms with E-state index in [1.54, 1.807) is 4.90 Å². The summed E-state index contributed by atoms with van der Waals surface area (Å²) in [5, 5.41) is 12.1. The molecule has 4 heteroatoms. The van der Waals surface area contributed by atoms with Crippen molar-refractivity contribution in [3.8, 4) is 0 Å². The molecule has 2 N–H and O–H groups in total. The van der Waals surface area contributed by atoms with E-state index in [0.29, 0.717) is 12.3 Å². The van der Waals surface area contributed by atoms with Gasteiger partial charge in [0.1, 0.15) is 0 Å². The van der Waals surface area contributed by atoms with E-state index in [9.17, 15) is 4.79 Å². The fourth-order valence-electron chi connectivity index (χ4n) is 1.76. The zero-order valence-corrected chi connectivity index (χ0v) is 8.99. The highest BCUT2D eigenvalue weighted by atomic mass is 16.3. The molecule has 0 atom stereocenters. The first-order chi connectivity index (χ1) is 6.63. The average molecular weight is 200 g/mol. The smallest absolute Gasteiger partial charge is 0.223 e. The van der Waals surface area contributed by atoms with Crippen LogP contribution in [-0.2, 0) is 4.79 Å². The average Bonchev–Trinajstić information content (AvgIpc) is 2.11. The summed E-state index contributed by atoms with van der Waals surface area (Å²) < 4.78 is 0. The van der Waals surface area contributed by atoms with Crippen molar-refractivity contribution in [2.75, 3.05) is 27.2 Å². The van der Waals surface area contributed by atoms with E-state index >= 15 is 0 Å². The van der Waals surface area contributed by atoms with Crippen molar-refractivity contribution in [1.82, 2.24) is 10.2 Å². The lowest BCUT2D eigenvalue weighted by molar-refractivity contribution is -0.131. The minimum Gasteiger partial charge on any atom is -0.393 e. The van der Waals surface area contributed by atoms with Gasteiger partial charge in [-0.05, 0) is 25.8 Å². The molecule has 1 fully saturated rings. The number of nitrogens with zero attached hydrogens (tertiary/aromatic N) is 1. The van der Waals surface area contributed by atoms with Gasteiger partial charge in [0.25, 0.3) is 0 Å². The second-order valence-corrected chi connectivity index (χ2v) is 4.12. The molecule has 0 heterocycles. The van der Waals surface area contributed by atoms with Crippen LogP contribution in [0.3, 0.4) is 0 Å². The van der Waals surface area contributed by atoms with Gasteiger partial charge >= 0.3 is 0 Å². The monoisotopic (exact) mass is 200 g/mol. The van der Waals surface area contributed by atoms with E-state index < -0.39 is 0 Å². The highest BCUT2D eigenvalue weighted by Crippen LogP contribution is 2.27. The van der Waals surface area contributed by atoms with Crippen molar-refractivity contribution in [2.45, 2.75) is 25.4 Å². The Hall–Kier alpha value is -0.610. The van der Waals surface area contributed by atoms with E-state index in [0.717, 1.165) is 25.9 Å². The summed E-state index contributed by atoms with van der Waals surface area (Å²) in [6.07, 6.45) is 2.14. The molecule has 1 saturated carbocycles. The predicted octanol–water partition coefficient (Wildman–Crippen LogP) is -0.175. The van der Waals surface area contributed by atoms with Gasteiger partial charge in [-0.25, -0.2) is 0 Å². The van der Waals surface area contributed by atoms with E-state index in [2.05, 4.69) is 5.32 Å². The number of amides is 1. The Labute approximate surface area is 85.3 Å². The van der Waals surface area contributed by atoms with Crippen LogP contribution in [0, 0.1) is 5.92 Å². The molecule has 14 heavy (non-hydrogen) atoms. The van der Waals surface area contributed by atoms with Crippen LogP contribution in [0.5, 0.6) is 0 Å². The number of carbonyl (C=O) groups excluding carboxylic acids is 1. The van der Waals surface area contributed by atoms with Crippen molar-refractivity contribution in [2.24, 2.45) is 5.92 Å². The third-order valence-corrected chi connectivity index (χ3v) is 2.76. The number of aliphatic hydroxyl groups is 1. The number of hydrogen-bond donors (Lipinski definition) is 2. The molecule has 0 spiro atoms. The normalized spacial score (nSPS) is 25.6. The van der Waals surface area contributed by atoms with Crippen LogP contribution in [-0.4, -0.2) is 49.2 Å². The summed E-state index contributed by atoms with van der Waals surface area (Å²) in [5.41, 5.74) is 0. The molecule has 0 aromatic rings. The van der Waals surface area contributed by atoms with Crippen molar-refractivity contribution >= 4 is 5.91 Å². The standard InChI is InChI=1S/C10H20N2O2/c1-11-4-3-10(14)12(2)7-8-5-9(13)6-8/h8-9,11,13H,3-7H2,1-2H3. The number of rotatable bonds is 5. The van der Waals surface area contributed by atoms with Crippen molar-refractivity contribution in [1.29, 1.82) is 0 Å². The van der Waals surface area contributed by atoms with Gasteiger partial charge in [0.05, 0.1) is 6.10 Å². The summed E-state index contributed by atoms with van der Waals surface area (Å²) in [6, 6.07) is 0. The second-order valence-electron chi connectivity index (χ2n) is 4.12. The molecule has 82 valence electrons. The van der Waals surface area contributed by atoms with Crippen molar-refractivity contribution in [3.63, 3.8) is 0 Å². The molecule has 0 bridgehead atoms. The van der Waals surface area contributed by atoms with Crippen LogP contribution in [0.4, 0.5) is 0 Å². The molecule has 1 aliphatic carbocycles. The lowest BCUT2D eigenvalue weighted by Gasteiger charge is -2.34. The molecule has 0 unspecified atom stereocenters. The van der Waals surface area contributed by atoms with Gasteiger partial charge in [-0.2, -0.15) is 0 Å². The summed E-state index contributed by atoms with van der Waals surface area (Å²) in [6.45, 7) is 1.52. The summed E-state index contributed by atoms with van der Waals surface area (Å²) >= 11 is 0. The van der Waals surface area contributed by atoms with Crippen LogP contribution >= 0.6 is 0 Å². The predicted molar refractivity (Wildman–Crippen MR) is 54.9 cm³/mol. The third-order valence-electron chi connectivity index (χ3n) is 2.76. The SMILES string of the molecule is CNCCC(=O)N(C)CC1CC(O)C1. The highest BCUT2D eigenvalue weighted by molar-refractivity contribution is 5.76. The van der Waals surface area contributed by atoms with Gasteiger partial charge in [-0.15, -0.1) is 0 Å². The highest BCUT2D eigenvalue weighted by Gasteiger charge is 2.28. The third kappa shape index (κ3) is 3.27. The number of nitrogens with one attached hydrogen (secondary N) is 1. The topological polar surface area (TPSA) is 52.6 Å². The lowest BCUT2D eigenvalue weighted by atomic mass is 9.82. The van der Waals surface area contributed by atoms with Crippen LogP contribution in [0.1, 0.15) is 19.3 Å². The van der Waals surface area contributed by atoms with Gasteiger partial charge < -0.3 is 15.3 Å². The number of hydrogen-bond acceptors (Lipinski definition) is 3. The molecule has 1 aliphatic rings. The minimum absolute atomic E-state index is 0.124. The van der Waals surface area contributed by atoms with E-state index in [1.807, 2.05) is 14.1 Å². The molecule has 0 saturated heterocycles. The largest absolute Gasteiger partial charge is 0.393 e. The summed E-state index contributed by atoms with van der Waals surface area (Å²) in [5.74, 6) is 0.689. The van der Waals surface area contributed by atoms with Crippen LogP contribution in [0.25, 0.3) is 0 Å². The Morgan fingerprint density at radius 3 is 2.71 bits per heavy atom. The molecule has 0 aliphatic heterocycles. The maximum atomic E-state index is 11.5. The maximum Gasteiger partial charge on any atom is 0.223 e. The Morgan fingerprint density at radius 2 is 2.21 bits per heavy atom. The molecular weight excluding hydrogens is 180 g/mol. The number of carbonyl (C=O) groups is 1. The first-order valence-electron chi connectivity index (χ1n) is 5.20. The first-order valence-corrected chi connectivity index (χ1v) is 5.20. The zero-order valence-electron chi connectivity index (χ0n) is 8.99. The molecule has 1 rings (SSSR count). The molecule has 0 aromatic carbocycles. The molecule has 1 amide bonds. The number of aliphatic hydroxyl groups excluding tert-OH is 1. The van der Waals surface area contributed by atoms with E-state index in [-0.39, 0.29) is 12.0 Å². The molecule has 4 nitrogen and oxygen atoms in total. The van der Waals surface area contributed by atoms with E-state index in [4.69, 9.17) is 5.11 Å². The minimum atomic E-state index is -0.124. The zero-order chi connectivity index (χ0) is 10.6. The van der Waals surface area contributed by atoms with Gasteiger partial charge in [0.2, 0.25) is 5.91 Å². The van der Waals surface area contributed by atoms with Gasteiger partial charge in [0, 0.05) is 26.6 Å². The van der Waals surface area contributed by atoms with Crippen molar-refractivity contribution < 1.29 is 9.90 Å². The van der Waals surface area contributed by atoms with E-state index in [1.165, 1.54) is 0 Å². The Balaban J connectivity index is 2.14. The molecule has 0 aromatic heterocycles. The Kier molecular flexibility index (Phi) is 4.35. The maximum absolute atomic E-state index is 11.5. The van der Waals surface area contributed by atoms with Gasteiger partial charge in [0.15, 0.2) is 0 Å². The Morgan fingerprint density at radius 1 is 1.57 bits per heavy atom. The summed E-state index contributed by atoms with van der Waals surface area (Å²) in [4.78, 5) is 13.3. The van der Waals surface area contributed by atoms with Crippen LogP contribution in [0.2, 0.25) is 0 Å². The lowest BCUT2D eigenvalue weighted by Crippen LogP contribution is -2.40. The van der Waals surface area contributed by atoms with Crippen LogP contribution in [0.15, 0.2) is 0 Å². The quantitative estimate of drug-likeness (QED) is 0.647. The molecular formula is C10H20N2O2. The van der Waals surface area contributed by atoms with Crippen LogP contribution < -0.4 is 5.32 Å². The molecule has 0 radical (unpaired) electrons. The fourth-order valence-corrected chi connectivity index (χ4v) is 1.76. The van der Waals surface area contributed by atoms with Gasteiger partial charge in [-0.1, -0.05) is 0 Å². The fraction of sp³-hybridized carbons (Fsp3) is 0.900.